The van der Waals surface area contributed by atoms with E-state index in [1.54, 1.807) is 6.07 Å². The summed E-state index contributed by atoms with van der Waals surface area (Å²) in [5.74, 6) is -0.382. The SMILES string of the molecule is CC(C)CCCNC(=O)Nc1ccc(C(=O)O)cc1Br. The van der Waals surface area contributed by atoms with Crippen LogP contribution in [0.1, 0.15) is 37.0 Å². The van der Waals surface area contributed by atoms with Crippen molar-refractivity contribution in [2.24, 2.45) is 5.92 Å². The molecule has 5 nitrogen and oxygen atoms in total. The highest BCUT2D eigenvalue weighted by Crippen LogP contribution is 2.23. The van der Waals surface area contributed by atoms with E-state index >= 15 is 0 Å². The minimum Gasteiger partial charge on any atom is -0.478 e. The smallest absolute Gasteiger partial charge is 0.335 e. The second-order valence-electron chi connectivity index (χ2n) is 4.92. The Kier molecular flexibility index (Phi) is 6.51. The van der Waals surface area contributed by atoms with Crippen molar-refractivity contribution in [3.8, 4) is 0 Å². The van der Waals surface area contributed by atoms with E-state index in [4.69, 9.17) is 5.11 Å². The van der Waals surface area contributed by atoms with Crippen molar-refractivity contribution in [3.63, 3.8) is 0 Å². The van der Waals surface area contributed by atoms with E-state index in [0.29, 0.717) is 22.6 Å². The molecule has 0 bridgehead atoms. The molecule has 0 saturated carbocycles. The summed E-state index contributed by atoms with van der Waals surface area (Å²) < 4.78 is 0.537. The van der Waals surface area contributed by atoms with Crippen LogP contribution in [0.2, 0.25) is 0 Å². The number of anilines is 1. The number of carboxylic acids is 1. The zero-order chi connectivity index (χ0) is 15.1. The second kappa shape index (κ2) is 7.89. The van der Waals surface area contributed by atoms with Crippen molar-refractivity contribution in [1.29, 1.82) is 0 Å². The maximum Gasteiger partial charge on any atom is 0.335 e. The highest BCUT2D eigenvalue weighted by Gasteiger charge is 2.09. The van der Waals surface area contributed by atoms with Crippen LogP contribution in [-0.4, -0.2) is 23.7 Å². The van der Waals surface area contributed by atoms with E-state index in [1.165, 1.54) is 12.1 Å². The first-order valence-corrected chi connectivity index (χ1v) is 7.27. The first kappa shape index (κ1) is 16.5. The average molecular weight is 343 g/mol. The van der Waals surface area contributed by atoms with Gasteiger partial charge in [-0.05, 0) is 52.9 Å². The number of nitrogens with one attached hydrogen (secondary N) is 2. The van der Waals surface area contributed by atoms with E-state index in [9.17, 15) is 9.59 Å². The van der Waals surface area contributed by atoms with Gasteiger partial charge in [-0.3, -0.25) is 0 Å². The van der Waals surface area contributed by atoms with Gasteiger partial charge in [-0.2, -0.15) is 0 Å². The summed E-state index contributed by atoms with van der Waals surface area (Å²) in [5, 5.41) is 14.3. The Morgan fingerprint density at radius 1 is 1.35 bits per heavy atom. The quantitative estimate of drug-likeness (QED) is 0.689. The topological polar surface area (TPSA) is 78.4 Å². The molecule has 1 aromatic carbocycles. The van der Waals surface area contributed by atoms with Crippen molar-refractivity contribution >= 4 is 33.6 Å². The van der Waals surface area contributed by atoms with Crippen molar-refractivity contribution in [1.82, 2.24) is 5.32 Å². The Morgan fingerprint density at radius 2 is 2.05 bits per heavy atom. The van der Waals surface area contributed by atoms with Crippen LogP contribution in [0.25, 0.3) is 0 Å². The molecule has 1 rings (SSSR count). The molecule has 0 aliphatic carbocycles. The fourth-order valence-electron chi connectivity index (χ4n) is 1.63. The number of benzene rings is 1. The van der Waals surface area contributed by atoms with Crippen LogP contribution in [0.15, 0.2) is 22.7 Å². The van der Waals surface area contributed by atoms with Gasteiger partial charge in [0.15, 0.2) is 0 Å². The molecule has 20 heavy (non-hydrogen) atoms. The number of aromatic carboxylic acids is 1. The zero-order valence-corrected chi connectivity index (χ0v) is 13.2. The van der Waals surface area contributed by atoms with Gasteiger partial charge in [0, 0.05) is 11.0 Å². The lowest BCUT2D eigenvalue weighted by Crippen LogP contribution is -2.29. The van der Waals surface area contributed by atoms with Crippen LogP contribution in [0, 0.1) is 5.92 Å². The van der Waals surface area contributed by atoms with Crippen LogP contribution < -0.4 is 10.6 Å². The van der Waals surface area contributed by atoms with Crippen LogP contribution in [-0.2, 0) is 0 Å². The van der Waals surface area contributed by atoms with Gasteiger partial charge in [0.2, 0.25) is 0 Å². The first-order chi connectivity index (χ1) is 9.40. The summed E-state index contributed by atoms with van der Waals surface area (Å²) in [7, 11) is 0. The standard InChI is InChI=1S/C14H19BrN2O3/c1-9(2)4-3-7-16-14(20)17-12-6-5-10(13(18)19)8-11(12)15/h5-6,8-9H,3-4,7H2,1-2H3,(H,18,19)(H2,16,17,20). The first-order valence-electron chi connectivity index (χ1n) is 6.48. The van der Waals surface area contributed by atoms with Crippen molar-refractivity contribution < 1.29 is 14.7 Å². The molecule has 0 unspecified atom stereocenters. The summed E-state index contributed by atoms with van der Waals surface area (Å²) in [6.07, 6.45) is 2.00. The minimum atomic E-state index is -1.00. The molecule has 2 amide bonds. The number of rotatable bonds is 6. The molecule has 0 spiro atoms. The molecular formula is C14H19BrN2O3. The molecule has 110 valence electrons. The second-order valence-corrected chi connectivity index (χ2v) is 5.77. The highest BCUT2D eigenvalue weighted by molar-refractivity contribution is 9.10. The maximum atomic E-state index is 11.7. The third kappa shape index (κ3) is 5.61. The number of hydrogen-bond donors (Lipinski definition) is 3. The molecule has 0 fully saturated rings. The van der Waals surface area contributed by atoms with Crippen molar-refractivity contribution in [2.75, 3.05) is 11.9 Å². The predicted molar refractivity (Wildman–Crippen MR) is 82.2 cm³/mol. The third-order valence-electron chi connectivity index (χ3n) is 2.71. The van der Waals surface area contributed by atoms with Gasteiger partial charge in [0.05, 0.1) is 11.3 Å². The predicted octanol–water partition coefficient (Wildman–Crippen LogP) is 3.71. The number of halogens is 1. The van der Waals surface area contributed by atoms with Crippen LogP contribution >= 0.6 is 15.9 Å². The van der Waals surface area contributed by atoms with Crippen molar-refractivity contribution in [2.45, 2.75) is 26.7 Å². The van der Waals surface area contributed by atoms with Gasteiger partial charge < -0.3 is 15.7 Å². The van der Waals surface area contributed by atoms with Crippen LogP contribution in [0.5, 0.6) is 0 Å². The summed E-state index contributed by atoms with van der Waals surface area (Å²) in [5.41, 5.74) is 0.705. The van der Waals surface area contributed by atoms with E-state index in [1.807, 2.05) is 0 Å². The Morgan fingerprint density at radius 3 is 2.60 bits per heavy atom. The zero-order valence-electron chi connectivity index (χ0n) is 11.6. The molecule has 0 aliphatic heterocycles. The average Bonchev–Trinajstić information content (AvgIpc) is 2.36. The molecule has 0 aromatic heterocycles. The number of amides is 2. The Hall–Kier alpha value is -1.56. The fourth-order valence-corrected chi connectivity index (χ4v) is 2.11. The van der Waals surface area contributed by atoms with Crippen molar-refractivity contribution in [3.05, 3.63) is 28.2 Å². The van der Waals surface area contributed by atoms with Gasteiger partial charge in [-0.15, -0.1) is 0 Å². The number of hydrogen-bond acceptors (Lipinski definition) is 2. The van der Waals surface area contributed by atoms with E-state index in [2.05, 4.69) is 40.4 Å². The van der Waals surface area contributed by atoms with Gasteiger partial charge in [0.1, 0.15) is 0 Å². The molecule has 0 atom stereocenters. The van der Waals surface area contributed by atoms with E-state index in [-0.39, 0.29) is 11.6 Å². The molecule has 6 heteroatoms. The van der Waals surface area contributed by atoms with Crippen LogP contribution in [0.3, 0.4) is 0 Å². The van der Waals surface area contributed by atoms with Gasteiger partial charge in [-0.1, -0.05) is 13.8 Å². The lowest BCUT2D eigenvalue weighted by Gasteiger charge is -2.10. The maximum absolute atomic E-state index is 11.7. The number of carbonyl (C=O) groups excluding carboxylic acids is 1. The molecule has 0 aliphatic rings. The Balaban J connectivity index is 2.48. The molecule has 0 heterocycles. The Labute approximate surface area is 126 Å². The van der Waals surface area contributed by atoms with E-state index in [0.717, 1.165) is 12.8 Å². The number of urea groups is 1. The number of carboxylic acid groups (broad SMARTS) is 1. The molecule has 0 saturated heterocycles. The molecule has 3 N–H and O–H groups in total. The third-order valence-corrected chi connectivity index (χ3v) is 3.36. The highest BCUT2D eigenvalue weighted by atomic mass is 79.9. The summed E-state index contributed by atoms with van der Waals surface area (Å²) in [6, 6.07) is 4.16. The van der Waals surface area contributed by atoms with Gasteiger partial charge in [-0.25, -0.2) is 9.59 Å². The van der Waals surface area contributed by atoms with Crippen LogP contribution in [0.4, 0.5) is 10.5 Å². The van der Waals surface area contributed by atoms with E-state index < -0.39 is 5.97 Å². The summed E-state index contributed by atoms with van der Waals surface area (Å²) >= 11 is 3.24. The Bertz CT molecular complexity index is 489. The molecular weight excluding hydrogens is 324 g/mol. The fraction of sp³-hybridized carbons (Fsp3) is 0.429. The molecule has 0 radical (unpaired) electrons. The lowest BCUT2D eigenvalue weighted by molar-refractivity contribution is 0.0697. The largest absolute Gasteiger partial charge is 0.478 e. The minimum absolute atomic E-state index is 0.166. The normalized spacial score (nSPS) is 10.4. The molecule has 1 aromatic rings. The van der Waals surface area contributed by atoms with Gasteiger partial charge >= 0.3 is 12.0 Å². The monoisotopic (exact) mass is 342 g/mol. The number of carbonyl (C=O) groups is 2. The summed E-state index contributed by atoms with van der Waals surface area (Å²) in [6.45, 7) is 4.90. The lowest BCUT2D eigenvalue weighted by atomic mass is 10.1. The summed E-state index contributed by atoms with van der Waals surface area (Å²) in [4.78, 5) is 22.5. The van der Waals surface area contributed by atoms with Gasteiger partial charge in [0.25, 0.3) is 0 Å².